The Morgan fingerprint density at radius 1 is 1.00 bits per heavy atom. The molecule has 1 amide bonds. The second kappa shape index (κ2) is 10.3. The van der Waals surface area contributed by atoms with Gasteiger partial charge < -0.3 is 15.0 Å². The predicted octanol–water partition coefficient (Wildman–Crippen LogP) is 4.96. The standard InChI is InChI=1S/C28H34N4O2/c1-28(2,3)23-10-8-22(9-11-23)27(33)30-24-12-13-26(29-19-24)32-16-14-31(15-17-32)20-21-6-5-7-25(18-21)34-4/h5-13,18-19H,14-17,20H2,1-4H3,(H,30,33). The van der Waals surface area contributed by atoms with Crippen LogP contribution in [-0.4, -0.2) is 49.1 Å². The first-order valence-corrected chi connectivity index (χ1v) is 11.8. The molecule has 0 spiro atoms. The van der Waals surface area contributed by atoms with Gasteiger partial charge >= 0.3 is 0 Å². The van der Waals surface area contributed by atoms with E-state index in [1.54, 1.807) is 13.3 Å². The van der Waals surface area contributed by atoms with Crippen LogP contribution in [0.4, 0.5) is 11.5 Å². The summed E-state index contributed by atoms with van der Waals surface area (Å²) in [6, 6.07) is 19.9. The molecule has 0 bridgehead atoms. The molecular formula is C28H34N4O2. The number of nitrogens with one attached hydrogen (secondary N) is 1. The van der Waals surface area contributed by atoms with Gasteiger partial charge in [0.05, 0.1) is 19.0 Å². The number of piperazine rings is 1. The molecule has 0 unspecified atom stereocenters. The molecule has 0 saturated carbocycles. The lowest BCUT2D eigenvalue weighted by atomic mass is 9.87. The number of methoxy groups -OCH3 is 1. The van der Waals surface area contributed by atoms with E-state index in [-0.39, 0.29) is 11.3 Å². The number of ether oxygens (including phenoxy) is 1. The summed E-state index contributed by atoms with van der Waals surface area (Å²) in [6.07, 6.45) is 1.74. The number of carbonyl (C=O) groups is 1. The number of benzene rings is 2. The van der Waals surface area contributed by atoms with Gasteiger partial charge in [0.25, 0.3) is 5.91 Å². The minimum Gasteiger partial charge on any atom is -0.497 e. The minimum absolute atomic E-state index is 0.0648. The molecule has 1 aliphatic rings. The molecule has 1 saturated heterocycles. The number of hydrogen-bond donors (Lipinski definition) is 1. The highest BCUT2D eigenvalue weighted by atomic mass is 16.5. The molecule has 1 aliphatic heterocycles. The van der Waals surface area contributed by atoms with Crippen LogP contribution in [0.1, 0.15) is 42.3 Å². The molecule has 6 nitrogen and oxygen atoms in total. The van der Waals surface area contributed by atoms with Gasteiger partial charge in [0.15, 0.2) is 0 Å². The van der Waals surface area contributed by atoms with Gasteiger partial charge in [-0.3, -0.25) is 9.69 Å². The summed E-state index contributed by atoms with van der Waals surface area (Å²) in [5, 5.41) is 2.95. The average Bonchev–Trinajstić information content (AvgIpc) is 2.85. The highest BCUT2D eigenvalue weighted by Crippen LogP contribution is 2.23. The molecule has 2 heterocycles. The van der Waals surface area contributed by atoms with Crippen molar-refractivity contribution in [2.75, 3.05) is 43.5 Å². The zero-order valence-corrected chi connectivity index (χ0v) is 20.5. The number of rotatable bonds is 6. The third-order valence-electron chi connectivity index (χ3n) is 6.26. The Labute approximate surface area is 202 Å². The van der Waals surface area contributed by atoms with E-state index in [2.05, 4.69) is 53.0 Å². The number of carbonyl (C=O) groups excluding carboxylic acids is 1. The predicted molar refractivity (Wildman–Crippen MR) is 138 cm³/mol. The number of anilines is 2. The van der Waals surface area contributed by atoms with Crippen molar-refractivity contribution in [2.24, 2.45) is 0 Å². The highest BCUT2D eigenvalue weighted by Gasteiger charge is 2.19. The first-order valence-electron chi connectivity index (χ1n) is 11.8. The molecule has 4 rings (SSSR count). The molecule has 1 N–H and O–H groups in total. The van der Waals surface area contributed by atoms with Crippen molar-refractivity contribution in [3.8, 4) is 5.75 Å². The fourth-order valence-corrected chi connectivity index (χ4v) is 4.14. The quantitative estimate of drug-likeness (QED) is 0.566. The highest BCUT2D eigenvalue weighted by molar-refractivity contribution is 6.04. The van der Waals surface area contributed by atoms with E-state index in [0.717, 1.165) is 44.3 Å². The largest absolute Gasteiger partial charge is 0.497 e. The van der Waals surface area contributed by atoms with Crippen LogP contribution in [0.5, 0.6) is 5.75 Å². The van der Waals surface area contributed by atoms with Gasteiger partial charge in [-0.15, -0.1) is 0 Å². The number of aromatic nitrogens is 1. The molecule has 0 radical (unpaired) electrons. The third kappa shape index (κ3) is 5.94. The summed E-state index contributed by atoms with van der Waals surface area (Å²) in [6.45, 7) is 11.2. The Kier molecular flexibility index (Phi) is 7.17. The fourth-order valence-electron chi connectivity index (χ4n) is 4.14. The Morgan fingerprint density at radius 3 is 2.35 bits per heavy atom. The van der Waals surface area contributed by atoms with E-state index in [0.29, 0.717) is 11.3 Å². The lowest BCUT2D eigenvalue weighted by Crippen LogP contribution is -2.46. The van der Waals surface area contributed by atoms with Crippen molar-refractivity contribution in [2.45, 2.75) is 32.7 Å². The summed E-state index contributed by atoms with van der Waals surface area (Å²) in [4.78, 5) is 22.0. The lowest BCUT2D eigenvalue weighted by Gasteiger charge is -2.35. The maximum atomic E-state index is 12.6. The third-order valence-corrected chi connectivity index (χ3v) is 6.26. The van der Waals surface area contributed by atoms with Gasteiger partial charge in [0.2, 0.25) is 0 Å². The molecule has 2 aromatic carbocycles. The summed E-state index contributed by atoms with van der Waals surface area (Å²) in [7, 11) is 1.70. The first-order chi connectivity index (χ1) is 16.3. The summed E-state index contributed by atoms with van der Waals surface area (Å²) >= 11 is 0. The molecule has 34 heavy (non-hydrogen) atoms. The number of amides is 1. The van der Waals surface area contributed by atoms with E-state index < -0.39 is 0 Å². The van der Waals surface area contributed by atoms with Gasteiger partial charge in [0, 0.05) is 38.3 Å². The van der Waals surface area contributed by atoms with Gasteiger partial charge in [-0.05, 0) is 52.9 Å². The van der Waals surface area contributed by atoms with E-state index in [4.69, 9.17) is 4.74 Å². The van der Waals surface area contributed by atoms with Crippen molar-refractivity contribution in [1.29, 1.82) is 0 Å². The summed E-state index contributed by atoms with van der Waals surface area (Å²) in [5.41, 5.74) is 3.88. The van der Waals surface area contributed by atoms with Crippen LogP contribution in [0, 0.1) is 0 Å². The minimum atomic E-state index is -0.124. The topological polar surface area (TPSA) is 57.7 Å². The van der Waals surface area contributed by atoms with E-state index in [1.807, 2.05) is 48.5 Å². The van der Waals surface area contributed by atoms with Crippen LogP contribution in [0.15, 0.2) is 66.9 Å². The number of nitrogens with zero attached hydrogens (tertiary/aromatic N) is 3. The Bertz CT molecular complexity index is 1100. The lowest BCUT2D eigenvalue weighted by molar-refractivity contribution is 0.102. The second-order valence-electron chi connectivity index (χ2n) is 9.80. The fraction of sp³-hybridized carbons (Fsp3) is 0.357. The summed E-state index contributed by atoms with van der Waals surface area (Å²) in [5.74, 6) is 1.71. The molecular weight excluding hydrogens is 424 g/mol. The molecule has 3 aromatic rings. The molecule has 1 fully saturated rings. The van der Waals surface area contributed by atoms with Crippen molar-refractivity contribution >= 4 is 17.4 Å². The molecule has 0 aliphatic carbocycles. The first kappa shape index (κ1) is 23.8. The second-order valence-corrected chi connectivity index (χ2v) is 9.80. The summed E-state index contributed by atoms with van der Waals surface area (Å²) < 4.78 is 5.33. The molecule has 178 valence electrons. The van der Waals surface area contributed by atoms with E-state index in [1.165, 1.54) is 11.1 Å². The number of hydrogen-bond acceptors (Lipinski definition) is 5. The monoisotopic (exact) mass is 458 g/mol. The normalized spacial score (nSPS) is 14.6. The van der Waals surface area contributed by atoms with Crippen LogP contribution in [-0.2, 0) is 12.0 Å². The van der Waals surface area contributed by atoms with Crippen molar-refractivity contribution in [3.05, 3.63) is 83.6 Å². The van der Waals surface area contributed by atoms with Gasteiger partial charge in [-0.1, -0.05) is 45.0 Å². The Balaban J connectivity index is 1.29. The van der Waals surface area contributed by atoms with Crippen LogP contribution in [0.25, 0.3) is 0 Å². The van der Waals surface area contributed by atoms with Crippen molar-refractivity contribution < 1.29 is 9.53 Å². The average molecular weight is 459 g/mol. The van der Waals surface area contributed by atoms with Crippen molar-refractivity contribution in [1.82, 2.24) is 9.88 Å². The smallest absolute Gasteiger partial charge is 0.255 e. The van der Waals surface area contributed by atoms with Gasteiger partial charge in [-0.25, -0.2) is 4.98 Å². The Hall–Kier alpha value is -3.38. The molecule has 1 aromatic heterocycles. The zero-order valence-electron chi connectivity index (χ0n) is 20.5. The van der Waals surface area contributed by atoms with E-state index >= 15 is 0 Å². The van der Waals surface area contributed by atoms with Gasteiger partial charge in [-0.2, -0.15) is 0 Å². The maximum absolute atomic E-state index is 12.6. The van der Waals surface area contributed by atoms with Crippen LogP contribution in [0.2, 0.25) is 0 Å². The van der Waals surface area contributed by atoms with Crippen molar-refractivity contribution in [3.63, 3.8) is 0 Å². The maximum Gasteiger partial charge on any atom is 0.255 e. The molecule has 0 atom stereocenters. The van der Waals surface area contributed by atoms with E-state index in [9.17, 15) is 4.79 Å². The van der Waals surface area contributed by atoms with Crippen LogP contribution in [0.3, 0.4) is 0 Å². The van der Waals surface area contributed by atoms with Crippen LogP contribution < -0.4 is 15.0 Å². The SMILES string of the molecule is COc1cccc(CN2CCN(c3ccc(NC(=O)c4ccc(C(C)(C)C)cc4)cn3)CC2)c1. The van der Waals surface area contributed by atoms with Gasteiger partial charge in [0.1, 0.15) is 11.6 Å². The zero-order chi connectivity index (χ0) is 24.1. The number of pyridine rings is 1. The molecule has 6 heteroatoms. The Morgan fingerprint density at radius 2 is 1.74 bits per heavy atom. The van der Waals surface area contributed by atoms with Crippen LogP contribution >= 0.6 is 0 Å².